The lowest BCUT2D eigenvalue weighted by atomic mass is 10.1. The van der Waals surface area contributed by atoms with E-state index in [1.807, 2.05) is 32.3 Å². The lowest BCUT2D eigenvalue weighted by molar-refractivity contribution is 0.623. The molecule has 0 bridgehead atoms. The van der Waals surface area contributed by atoms with E-state index < -0.39 is 0 Å². The number of nitrogens with one attached hydrogen (secondary N) is 1. The van der Waals surface area contributed by atoms with Gasteiger partial charge in [0.1, 0.15) is 5.52 Å². The molecule has 0 atom stereocenters. The Morgan fingerprint density at radius 3 is 2.71 bits per heavy atom. The first-order valence-electron chi connectivity index (χ1n) is 6.74. The van der Waals surface area contributed by atoms with Gasteiger partial charge in [0, 0.05) is 37.2 Å². The van der Waals surface area contributed by atoms with Crippen LogP contribution in [0.3, 0.4) is 0 Å². The number of hydrogen-bond acceptors (Lipinski definition) is 5. The molecule has 2 aromatic carbocycles. The number of nitrogens with zero attached hydrogens (tertiary/aromatic N) is 2. The predicted molar refractivity (Wildman–Crippen MR) is 87.2 cm³/mol. The molecule has 3 rings (SSSR count). The standard InChI is InChI=1S/C16H18N4O/c1-10-4-6-12(9-14(10)20(2)3)18-16-19-13-7-5-11(17)8-15(13)21-16/h4-9H,17H2,1-3H3,(H,18,19). The van der Waals surface area contributed by atoms with Crippen LogP contribution in [0.15, 0.2) is 40.8 Å². The number of fused-ring (bicyclic) bond motifs is 1. The van der Waals surface area contributed by atoms with E-state index in [-0.39, 0.29) is 0 Å². The highest BCUT2D eigenvalue weighted by atomic mass is 16.4. The SMILES string of the molecule is Cc1ccc(Nc2nc3ccc(N)cc3o2)cc1N(C)C. The van der Waals surface area contributed by atoms with Crippen molar-refractivity contribution in [1.82, 2.24) is 4.98 Å². The number of anilines is 4. The zero-order valence-corrected chi connectivity index (χ0v) is 12.3. The molecule has 0 aliphatic rings. The second-order valence-electron chi connectivity index (χ2n) is 5.27. The summed E-state index contributed by atoms with van der Waals surface area (Å²) < 4.78 is 5.67. The maximum absolute atomic E-state index is 5.74. The zero-order valence-electron chi connectivity index (χ0n) is 12.3. The highest BCUT2D eigenvalue weighted by Gasteiger charge is 2.08. The van der Waals surface area contributed by atoms with Gasteiger partial charge >= 0.3 is 0 Å². The van der Waals surface area contributed by atoms with E-state index in [0.717, 1.165) is 16.9 Å². The quantitative estimate of drug-likeness (QED) is 0.719. The minimum atomic E-state index is 0.462. The van der Waals surface area contributed by atoms with Gasteiger partial charge < -0.3 is 20.4 Å². The number of hydrogen-bond donors (Lipinski definition) is 2. The molecule has 1 heterocycles. The van der Waals surface area contributed by atoms with Crippen molar-refractivity contribution >= 4 is 34.2 Å². The molecule has 108 valence electrons. The Morgan fingerprint density at radius 1 is 1.14 bits per heavy atom. The third-order valence-corrected chi connectivity index (χ3v) is 3.35. The molecule has 0 saturated heterocycles. The van der Waals surface area contributed by atoms with Crippen LogP contribution < -0.4 is 16.0 Å². The van der Waals surface area contributed by atoms with E-state index in [1.54, 1.807) is 6.07 Å². The fourth-order valence-corrected chi connectivity index (χ4v) is 2.29. The number of aryl methyl sites for hydroxylation is 1. The maximum atomic E-state index is 5.74. The van der Waals surface area contributed by atoms with Crippen LogP contribution in [0.4, 0.5) is 23.1 Å². The second kappa shape index (κ2) is 5.01. The fourth-order valence-electron chi connectivity index (χ4n) is 2.29. The highest BCUT2D eigenvalue weighted by molar-refractivity contribution is 5.79. The molecule has 0 spiro atoms. The summed E-state index contributed by atoms with van der Waals surface area (Å²) in [6.45, 7) is 2.08. The Labute approximate surface area is 123 Å². The van der Waals surface area contributed by atoms with Gasteiger partial charge in [-0.3, -0.25) is 0 Å². The van der Waals surface area contributed by atoms with Gasteiger partial charge in [-0.25, -0.2) is 0 Å². The summed E-state index contributed by atoms with van der Waals surface area (Å²) in [6, 6.07) is 12.0. The van der Waals surface area contributed by atoms with Crippen molar-refractivity contribution in [3.05, 3.63) is 42.0 Å². The molecular formula is C16H18N4O. The first-order chi connectivity index (χ1) is 10.0. The summed E-state index contributed by atoms with van der Waals surface area (Å²) >= 11 is 0. The molecule has 3 N–H and O–H groups in total. The van der Waals surface area contributed by atoms with Crippen LogP contribution in [-0.2, 0) is 0 Å². The summed E-state index contributed by atoms with van der Waals surface area (Å²) in [5.74, 6) is 0. The first-order valence-corrected chi connectivity index (χ1v) is 6.74. The lowest BCUT2D eigenvalue weighted by Gasteiger charge is -2.16. The molecule has 0 fully saturated rings. The van der Waals surface area contributed by atoms with Crippen molar-refractivity contribution in [1.29, 1.82) is 0 Å². The van der Waals surface area contributed by atoms with Crippen LogP contribution in [0.2, 0.25) is 0 Å². The van der Waals surface area contributed by atoms with Gasteiger partial charge in [-0.15, -0.1) is 0 Å². The van der Waals surface area contributed by atoms with Gasteiger partial charge in [-0.1, -0.05) is 6.07 Å². The van der Waals surface area contributed by atoms with E-state index in [1.165, 1.54) is 5.56 Å². The number of rotatable bonds is 3. The summed E-state index contributed by atoms with van der Waals surface area (Å²) in [5, 5.41) is 3.19. The van der Waals surface area contributed by atoms with Crippen LogP contribution in [-0.4, -0.2) is 19.1 Å². The summed E-state index contributed by atoms with van der Waals surface area (Å²) in [7, 11) is 4.04. The number of aromatic nitrogens is 1. The third kappa shape index (κ3) is 2.63. The number of benzene rings is 2. The highest BCUT2D eigenvalue weighted by Crippen LogP contribution is 2.27. The van der Waals surface area contributed by atoms with Gasteiger partial charge in [-0.05, 0) is 36.8 Å². The molecule has 1 aromatic heterocycles. The third-order valence-electron chi connectivity index (χ3n) is 3.35. The van der Waals surface area contributed by atoms with Gasteiger partial charge in [0.25, 0.3) is 6.01 Å². The molecular weight excluding hydrogens is 264 g/mol. The van der Waals surface area contributed by atoms with Crippen molar-refractivity contribution in [2.24, 2.45) is 0 Å². The van der Waals surface area contributed by atoms with Gasteiger partial charge in [0.2, 0.25) is 0 Å². The summed E-state index contributed by atoms with van der Waals surface area (Å²) in [6.07, 6.45) is 0. The molecule has 21 heavy (non-hydrogen) atoms. The average Bonchev–Trinajstić information content (AvgIpc) is 2.82. The van der Waals surface area contributed by atoms with Crippen molar-refractivity contribution in [3.8, 4) is 0 Å². The van der Waals surface area contributed by atoms with Crippen LogP contribution in [0, 0.1) is 6.92 Å². The number of nitrogen functional groups attached to an aromatic ring is 1. The molecule has 5 heteroatoms. The average molecular weight is 282 g/mol. The molecule has 0 aliphatic carbocycles. The minimum Gasteiger partial charge on any atom is -0.423 e. The van der Waals surface area contributed by atoms with Gasteiger partial charge in [0.05, 0.1) is 0 Å². The first kappa shape index (κ1) is 13.3. The Hall–Kier alpha value is -2.69. The van der Waals surface area contributed by atoms with Crippen molar-refractivity contribution in [2.75, 3.05) is 30.0 Å². The molecule has 5 nitrogen and oxygen atoms in total. The predicted octanol–water partition coefficient (Wildman–Crippen LogP) is 3.53. The van der Waals surface area contributed by atoms with Crippen molar-refractivity contribution in [3.63, 3.8) is 0 Å². The largest absolute Gasteiger partial charge is 0.423 e. The van der Waals surface area contributed by atoms with Crippen LogP contribution in [0.1, 0.15) is 5.56 Å². The molecule has 3 aromatic rings. The van der Waals surface area contributed by atoms with Crippen LogP contribution >= 0.6 is 0 Å². The molecule has 0 amide bonds. The van der Waals surface area contributed by atoms with Crippen LogP contribution in [0.25, 0.3) is 11.1 Å². The van der Waals surface area contributed by atoms with Crippen LogP contribution in [0.5, 0.6) is 0 Å². The lowest BCUT2D eigenvalue weighted by Crippen LogP contribution is -2.10. The molecule has 0 saturated carbocycles. The Balaban J connectivity index is 1.93. The summed E-state index contributed by atoms with van der Waals surface area (Å²) in [5.41, 5.74) is 11.2. The smallest absolute Gasteiger partial charge is 0.300 e. The zero-order chi connectivity index (χ0) is 15.0. The maximum Gasteiger partial charge on any atom is 0.300 e. The molecule has 0 aliphatic heterocycles. The number of nitrogens with two attached hydrogens (primary N) is 1. The van der Waals surface area contributed by atoms with E-state index >= 15 is 0 Å². The Bertz CT molecular complexity index is 792. The second-order valence-corrected chi connectivity index (χ2v) is 5.27. The van der Waals surface area contributed by atoms with E-state index in [9.17, 15) is 0 Å². The monoisotopic (exact) mass is 282 g/mol. The van der Waals surface area contributed by atoms with Gasteiger partial charge in [0.15, 0.2) is 5.58 Å². The number of oxazole rings is 1. The normalized spacial score (nSPS) is 10.8. The van der Waals surface area contributed by atoms with Crippen molar-refractivity contribution < 1.29 is 4.42 Å². The fraction of sp³-hybridized carbons (Fsp3) is 0.188. The van der Waals surface area contributed by atoms with E-state index in [2.05, 4.69) is 34.3 Å². The van der Waals surface area contributed by atoms with E-state index in [4.69, 9.17) is 10.2 Å². The topological polar surface area (TPSA) is 67.3 Å². The minimum absolute atomic E-state index is 0.462. The molecule has 0 radical (unpaired) electrons. The van der Waals surface area contributed by atoms with Crippen molar-refractivity contribution in [2.45, 2.75) is 6.92 Å². The Kier molecular flexibility index (Phi) is 3.17. The van der Waals surface area contributed by atoms with E-state index in [0.29, 0.717) is 17.3 Å². The summed E-state index contributed by atoms with van der Waals surface area (Å²) in [4.78, 5) is 6.48. The Morgan fingerprint density at radius 2 is 1.95 bits per heavy atom. The molecule has 0 unspecified atom stereocenters. The van der Waals surface area contributed by atoms with Gasteiger partial charge in [-0.2, -0.15) is 4.98 Å².